The Hall–Kier alpha value is -1.71. The van der Waals surface area contributed by atoms with Gasteiger partial charge in [0.05, 0.1) is 0 Å². The lowest BCUT2D eigenvalue weighted by atomic mass is 9.89. The first-order valence-electron chi connectivity index (χ1n) is 9.46. The second kappa shape index (κ2) is 9.69. The smallest absolute Gasteiger partial charge is 0.102 e. The van der Waals surface area contributed by atoms with Gasteiger partial charge in [-0.15, -0.1) is 0 Å². The largest absolute Gasteiger partial charge is 0.311 e. The maximum absolute atomic E-state index is 12.4. The van der Waals surface area contributed by atoms with Crippen molar-refractivity contribution in [1.82, 2.24) is 10.2 Å². The summed E-state index contributed by atoms with van der Waals surface area (Å²) in [5.74, 6) is 0. The van der Waals surface area contributed by atoms with Crippen molar-refractivity contribution in [2.75, 3.05) is 13.2 Å². The first-order chi connectivity index (χ1) is 12.3. The third-order valence-corrected chi connectivity index (χ3v) is 5.20. The second-order valence-electron chi connectivity index (χ2n) is 7.02. The summed E-state index contributed by atoms with van der Waals surface area (Å²) in [6, 6.07) is 22.6. The summed E-state index contributed by atoms with van der Waals surface area (Å²) in [4.78, 5) is 2.62. The first-order valence-corrected chi connectivity index (χ1v) is 9.46. The number of rotatable bonds is 8. The molecule has 1 aliphatic rings. The van der Waals surface area contributed by atoms with Crippen LogP contribution in [-0.2, 0) is 13.1 Å². The molecule has 2 aromatic carbocycles. The lowest BCUT2D eigenvalue weighted by molar-refractivity contribution is 0.128. The van der Waals surface area contributed by atoms with Crippen LogP contribution in [0.15, 0.2) is 60.7 Å². The minimum atomic E-state index is -0.270. The zero-order chi connectivity index (χ0) is 17.3. The van der Waals surface area contributed by atoms with E-state index in [0.717, 1.165) is 25.9 Å². The Bertz CT molecular complexity index is 552. The van der Waals surface area contributed by atoms with Gasteiger partial charge in [-0.2, -0.15) is 0 Å². The van der Waals surface area contributed by atoms with E-state index in [1.807, 2.05) is 0 Å². The first kappa shape index (κ1) is 18.1. The molecule has 2 aromatic rings. The molecule has 25 heavy (non-hydrogen) atoms. The average Bonchev–Trinajstić information content (AvgIpc) is 2.68. The normalized spacial score (nSPS) is 20.7. The summed E-state index contributed by atoms with van der Waals surface area (Å²) in [5.41, 5.74) is 2.74. The number of nitrogens with one attached hydrogen (secondary N) is 1. The van der Waals surface area contributed by atoms with Gasteiger partial charge in [-0.05, 0) is 36.8 Å². The molecule has 3 rings (SSSR count). The van der Waals surface area contributed by atoms with Crippen LogP contribution in [0.25, 0.3) is 0 Å². The van der Waals surface area contributed by atoms with Crippen molar-refractivity contribution in [3.05, 3.63) is 71.8 Å². The molecule has 0 unspecified atom stereocenters. The standard InChI is InChI=1S/C22H29FN2/c23-15-16-24-21-11-13-22(14-12-21)25(17-19-7-3-1-4-8-19)18-20-9-5-2-6-10-20/h1-10,21-22,24H,11-18H2. The van der Waals surface area contributed by atoms with Crippen molar-refractivity contribution in [2.24, 2.45) is 0 Å². The van der Waals surface area contributed by atoms with Crippen LogP contribution in [0.1, 0.15) is 36.8 Å². The van der Waals surface area contributed by atoms with E-state index in [4.69, 9.17) is 0 Å². The van der Waals surface area contributed by atoms with Gasteiger partial charge in [-0.25, -0.2) is 4.39 Å². The molecule has 0 heterocycles. The Morgan fingerprint density at radius 3 is 1.80 bits per heavy atom. The van der Waals surface area contributed by atoms with Crippen LogP contribution < -0.4 is 5.32 Å². The number of nitrogens with zero attached hydrogens (tertiary/aromatic N) is 1. The average molecular weight is 340 g/mol. The summed E-state index contributed by atoms with van der Waals surface area (Å²) >= 11 is 0. The molecule has 0 bridgehead atoms. The van der Waals surface area contributed by atoms with Gasteiger partial charge < -0.3 is 5.32 Å². The zero-order valence-electron chi connectivity index (χ0n) is 14.9. The Kier molecular flexibility index (Phi) is 7.01. The Balaban J connectivity index is 1.64. The quantitative estimate of drug-likeness (QED) is 0.758. The predicted molar refractivity (Wildman–Crippen MR) is 102 cm³/mol. The fraction of sp³-hybridized carbons (Fsp3) is 0.455. The molecular formula is C22H29FN2. The number of alkyl halides is 1. The minimum absolute atomic E-state index is 0.270. The third-order valence-electron chi connectivity index (χ3n) is 5.20. The molecule has 0 spiro atoms. The highest BCUT2D eigenvalue weighted by Crippen LogP contribution is 2.26. The van der Waals surface area contributed by atoms with Crippen molar-refractivity contribution >= 4 is 0 Å². The highest BCUT2D eigenvalue weighted by Gasteiger charge is 2.25. The fourth-order valence-corrected chi connectivity index (χ4v) is 3.85. The van der Waals surface area contributed by atoms with E-state index >= 15 is 0 Å². The monoisotopic (exact) mass is 340 g/mol. The zero-order valence-corrected chi connectivity index (χ0v) is 14.9. The Labute approximate surface area is 151 Å². The van der Waals surface area contributed by atoms with Gasteiger partial charge in [-0.3, -0.25) is 4.90 Å². The summed E-state index contributed by atoms with van der Waals surface area (Å²) in [6.45, 7) is 2.20. The van der Waals surface area contributed by atoms with Gasteiger partial charge in [0.25, 0.3) is 0 Å². The van der Waals surface area contributed by atoms with Crippen LogP contribution in [-0.4, -0.2) is 30.2 Å². The van der Waals surface area contributed by atoms with Gasteiger partial charge in [0.1, 0.15) is 6.67 Å². The number of hydrogen-bond donors (Lipinski definition) is 1. The molecule has 2 nitrogen and oxygen atoms in total. The van der Waals surface area contributed by atoms with E-state index in [9.17, 15) is 4.39 Å². The molecule has 0 saturated heterocycles. The molecule has 0 radical (unpaired) electrons. The van der Waals surface area contributed by atoms with E-state index in [1.54, 1.807) is 0 Å². The fourth-order valence-electron chi connectivity index (χ4n) is 3.85. The molecule has 1 N–H and O–H groups in total. The van der Waals surface area contributed by atoms with E-state index < -0.39 is 0 Å². The molecule has 0 aromatic heterocycles. The lowest BCUT2D eigenvalue weighted by Crippen LogP contribution is -2.42. The van der Waals surface area contributed by atoms with Gasteiger partial charge in [0, 0.05) is 31.7 Å². The highest BCUT2D eigenvalue weighted by molar-refractivity contribution is 5.17. The van der Waals surface area contributed by atoms with Crippen LogP contribution in [0.2, 0.25) is 0 Å². The molecule has 1 saturated carbocycles. The SMILES string of the molecule is FCCNC1CCC(N(Cc2ccccc2)Cc2ccccc2)CC1. The molecule has 0 atom stereocenters. The Morgan fingerprint density at radius 2 is 1.32 bits per heavy atom. The summed E-state index contributed by atoms with van der Waals surface area (Å²) in [5, 5.41) is 3.34. The van der Waals surface area contributed by atoms with Crippen molar-refractivity contribution in [3.8, 4) is 0 Å². The van der Waals surface area contributed by atoms with Gasteiger partial charge >= 0.3 is 0 Å². The molecule has 1 fully saturated rings. The number of benzene rings is 2. The highest BCUT2D eigenvalue weighted by atomic mass is 19.1. The van der Waals surface area contributed by atoms with E-state index in [1.165, 1.54) is 24.0 Å². The molecule has 0 aliphatic heterocycles. The van der Waals surface area contributed by atoms with Crippen molar-refractivity contribution in [3.63, 3.8) is 0 Å². The number of halogens is 1. The topological polar surface area (TPSA) is 15.3 Å². The van der Waals surface area contributed by atoms with E-state index in [2.05, 4.69) is 70.9 Å². The van der Waals surface area contributed by atoms with Crippen molar-refractivity contribution in [1.29, 1.82) is 0 Å². The Morgan fingerprint density at radius 1 is 0.800 bits per heavy atom. The molecule has 0 amide bonds. The number of hydrogen-bond acceptors (Lipinski definition) is 2. The van der Waals surface area contributed by atoms with Gasteiger partial charge in [-0.1, -0.05) is 60.7 Å². The second-order valence-corrected chi connectivity index (χ2v) is 7.02. The van der Waals surface area contributed by atoms with Crippen molar-refractivity contribution in [2.45, 2.75) is 50.9 Å². The molecule has 3 heteroatoms. The molecule has 134 valence electrons. The van der Waals surface area contributed by atoms with Gasteiger partial charge in [0.2, 0.25) is 0 Å². The van der Waals surface area contributed by atoms with Crippen LogP contribution in [0.5, 0.6) is 0 Å². The van der Waals surface area contributed by atoms with Crippen LogP contribution in [0.3, 0.4) is 0 Å². The summed E-state index contributed by atoms with van der Waals surface area (Å²) in [6.07, 6.45) is 4.66. The minimum Gasteiger partial charge on any atom is -0.311 e. The summed E-state index contributed by atoms with van der Waals surface area (Å²) in [7, 11) is 0. The maximum atomic E-state index is 12.4. The lowest BCUT2D eigenvalue weighted by Gasteiger charge is -2.37. The summed E-state index contributed by atoms with van der Waals surface area (Å²) < 4.78 is 12.4. The molecule has 1 aliphatic carbocycles. The molecular weight excluding hydrogens is 311 g/mol. The van der Waals surface area contributed by atoms with E-state index in [-0.39, 0.29) is 6.67 Å². The predicted octanol–water partition coefficient (Wildman–Crippen LogP) is 4.56. The maximum Gasteiger partial charge on any atom is 0.102 e. The van der Waals surface area contributed by atoms with Crippen LogP contribution in [0.4, 0.5) is 4.39 Å². The van der Waals surface area contributed by atoms with Crippen LogP contribution >= 0.6 is 0 Å². The van der Waals surface area contributed by atoms with E-state index in [0.29, 0.717) is 18.6 Å². The third kappa shape index (κ3) is 5.65. The van der Waals surface area contributed by atoms with Crippen molar-refractivity contribution < 1.29 is 4.39 Å². The van der Waals surface area contributed by atoms with Crippen LogP contribution in [0, 0.1) is 0 Å². The van der Waals surface area contributed by atoms with Gasteiger partial charge in [0.15, 0.2) is 0 Å².